The third-order valence-electron chi connectivity index (χ3n) is 9.85. The van der Waals surface area contributed by atoms with E-state index in [9.17, 15) is 18.4 Å². The SMILES string of the molecule is O=C(OCc1ccccc1)Oc1ccc([C@@H](Nc2ccc(F)cc2)[C@@H](CCC2(c3ccc(F)cc3)OCCCO2)C(=O)N2C(=O)OC[C@@H]2c2ccccc2)cc1. The summed E-state index contributed by atoms with van der Waals surface area (Å²) in [6.45, 7) is 0.741. The van der Waals surface area contributed by atoms with Crippen LogP contribution in [0.25, 0.3) is 0 Å². The van der Waals surface area contributed by atoms with Crippen LogP contribution in [0, 0.1) is 17.6 Å². The van der Waals surface area contributed by atoms with E-state index in [0.717, 1.165) is 16.0 Å². The topological polar surface area (TPSA) is 113 Å². The first kappa shape index (κ1) is 38.2. The molecule has 3 atom stereocenters. The Kier molecular flexibility index (Phi) is 12.0. The number of nitrogens with one attached hydrogen (secondary N) is 1. The summed E-state index contributed by atoms with van der Waals surface area (Å²) in [5.74, 6) is -3.51. The summed E-state index contributed by atoms with van der Waals surface area (Å²) >= 11 is 0. The smallest absolute Gasteiger partial charge is 0.446 e. The zero-order valence-corrected chi connectivity index (χ0v) is 30.4. The lowest BCUT2D eigenvalue weighted by Gasteiger charge is -2.39. The zero-order chi connectivity index (χ0) is 38.9. The summed E-state index contributed by atoms with van der Waals surface area (Å²) in [5, 5.41) is 3.41. The molecule has 7 rings (SSSR count). The largest absolute Gasteiger partial charge is 0.514 e. The van der Waals surface area contributed by atoms with E-state index in [4.69, 9.17) is 23.7 Å². The van der Waals surface area contributed by atoms with Gasteiger partial charge in [0.15, 0.2) is 5.79 Å². The molecule has 0 unspecified atom stereocenters. The van der Waals surface area contributed by atoms with Crippen molar-refractivity contribution in [1.29, 1.82) is 0 Å². The van der Waals surface area contributed by atoms with E-state index in [1.807, 2.05) is 60.7 Å². The van der Waals surface area contributed by atoms with Crippen LogP contribution in [0.3, 0.4) is 0 Å². The Bertz CT molecular complexity index is 2080. The maximum absolute atomic E-state index is 15.1. The molecule has 288 valence electrons. The molecule has 2 fully saturated rings. The number of nitrogens with zero attached hydrogens (tertiary/aromatic N) is 1. The molecule has 2 saturated heterocycles. The van der Waals surface area contributed by atoms with Crippen LogP contribution in [-0.2, 0) is 36.1 Å². The molecule has 0 saturated carbocycles. The van der Waals surface area contributed by atoms with E-state index in [-0.39, 0.29) is 31.8 Å². The molecule has 10 nitrogen and oxygen atoms in total. The Labute approximate surface area is 322 Å². The van der Waals surface area contributed by atoms with Gasteiger partial charge in [0.25, 0.3) is 0 Å². The normalized spacial score (nSPS) is 17.4. The Morgan fingerprint density at radius 3 is 2.09 bits per heavy atom. The molecule has 2 aliphatic rings. The number of benzene rings is 5. The Hall–Kier alpha value is -6.11. The van der Waals surface area contributed by atoms with E-state index >= 15 is 4.79 Å². The molecular formula is C44H40F2N2O8. The third-order valence-corrected chi connectivity index (χ3v) is 9.85. The molecule has 2 aliphatic heterocycles. The Morgan fingerprint density at radius 2 is 1.43 bits per heavy atom. The molecule has 2 heterocycles. The predicted molar refractivity (Wildman–Crippen MR) is 201 cm³/mol. The fraction of sp³-hybridized carbons (Fsp3) is 0.250. The van der Waals surface area contributed by atoms with E-state index in [2.05, 4.69) is 5.32 Å². The quantitative estimate of drug-likeness (QED) is 0.0927. The van der Waals surface area contributed by atoms with E-state index < -0.39 is 53.6 Å². The van der Waals surface area contributed by atoms with Crippen molar-refractivity contribution in [3.63, 3.8) is 0 Å². The molecule has 0 spiro atoms. The molecule has 12 heteroatoms. The van der Waals surface area contributed by atoms with Gasteiger partial charge >= 0.3 is 12.2 Å². The number of carbonyl (C=O) groups is 3. The number of carbonyl (C=O) groups excluding carboxylic acids is 3. The van der Waals surface area contributed by atoms with Crippen LogP contribution in [0.1, 0.15) is 53.6 Å². The van der Waals surface area contributed by atoms with Crippen LogP contribution >= 0.6 is 0 Å². The van der Waals surface area contributed by atoms with Gasteiger partial charge in [0.2, 0.25) is 5.91 Å². The lowest BCUT2D eigenvalue weighted by atomic mass is 9.84. The number of ether oxygens (including phenoxy) is 5. The minimum absolute atomic E-state index is 0.0287. The summed E-state index contributed by atoms with van der Waals surface area (Å²) < 4.78 is 57.0. The number of hydrogen-bond donors (Lipinski definition) is 1. The van der Waals surface area contributed by atoms with Crippen molar-refractivity contribution in [3.8, 4) is 5.75 Å². The lowest BCUT2D eigenvalue weighted by Crippen LogP contribution is -2.44. The van der Waals surface area contributed by atoms with Crippen LogP contribution in [0.15, 0.2) is 133 Å². The average molecular weight is 763 g/mol. The first-order valence-corrected chi connectivity index (χ1v) is 18.4. The van der Waals surface area contributed by atoms with Gasteiger partial charge in [-0.2, -0.15) is 0 Å². The second-order valence-electron chi connectivity index (χ2n) is 13.5. The summed E-state index contributed by atoms with van der Waals surface area (Å²) in [6, 6.07) is 34.9. The Balaban J connectivity index is 1.23. The van der Waals surface area contributed by atoms with Crippen LogP contribution in [-0.4, -0.2) is 42.9 Å². The van der Waals surface area contributed by atoms with Crippen molar-refractivity contribution >= 4 is 23.8 Å². The third kappa shape index (κ3) is 9.05. The number of amides is 2. The average Bonchev–Trinajstić information content (AvgIpc) is 3.63. The number of cyclic esters (lactones) is 1. The Morgan fingerprint density at radius 1 is 0.804 bits per heavy atom. The first-order valence-electron chi connectivity index (χ1n) is 18.4. The van der Waals surface area contributed by atoms with Crippen molar-refractivity contribution in [1.82, 2.24) is 4.90 Å². The van der Waals surface area contributed by atoms with E-state index in [1.54, 1.807) is 48.5 Å². The first-order chi connectivity index (χ1) is 27.3. The maximum atomic E-state index is 15.1. The fourth-order valence-electron chi connectivity index (χ4n) is 7.00. The van der Waals surface area contributed by atoms with Gasteiger partial charge in [-0.1, -0.05) is 84.9 Å². The predicted octanol–water partition coefficient (Wildman–Crippen LogP) is 9.24. The highest BCUT2D eigenvalue weighted by molar-refractivity contribution is 5.95. The number of rotatable bonds is 13. The lowest BCUT2D eigenvalue weighted by molar-refractivity contribution is -0.281. The second kappa shape index (κ2) is 17.6. The van der Waals surface area contributed by atoms with Crippen molar-refractivity contribution < 1.29 is 46.8 Å². The van der Waals surface area contributed by atoms with Crippen molar-refractivity contribution in [2.24, 2.45) is 5.92 Å². The molecule has 0 aliphatic carbocycles. The maximum Gasteiger partial charge on any atom is 0.514 e. The number of anilines is 1. The molecule has 0 radical (unpaired) electrons. The van der Waals surface area contributed by atoms with Crippen LogP contribution < -0.4 is 10.1 Å². The molecule has 56 heavy (non-hydrogen) atoms. The molecule has 5 aromatic carbocycles. The molecule has 0 bridgehead atoms. The molecule has 2 amide bonds. The highest BCUT2D eigenvalue weighted by atomic mass is 19.1. The van der Waals surface area contributed by atoms with Gasteiger partial charge in [-0.3, -0.25) is 4.79 Å². The number of halogens is 2. The van der Waals surface area contributed by atoms with Crippen molar-refractivity contribution in [2.45, 2.75) is 43.7 Å². The van der Waals surface area contributed by atoms with Gasteiger partial charge in [0.05, 0.1) is 25.2 Å². The standard InChI is InChI=1S/C44H40F2N2O8/c45-34-16-14-33(15-17-34)44(54-26-7-27-55-44)25-24-38(41(49)48-39(29-52-42(48)50)31-10-5-2-6-11-31)40(47-36-20-18-35(46)19-21-36)32-12-22-37(23-13-32)56-43(51)53-28-30-8-3-1-4-9-30/h1-6,8-23,38-40,47H,7,24-29H2/t38-,39-,40-/m1/s1. The number of hydrogen-bond acceptors (Lipinski definition) is 9. The summed E-state index contributed by atoms with van der Waals surface area (Å²) in [4.78, 5) is 42.2. The highest BCUT2D eigenvalue weighted by Crippen LogP contribution is 2.42. The summed E-state index contributed by atoms with van der Waals surface area (Å²) in [6.07, 6.45) is -0.791. The summed E-state index contributed by atoms with van der Waals surface area (Å²) in [5.41, 5.74) is 3.18. The number of imide groups is 1. The van der Waals surface area contributed by atoms with E-state index in [0.29, 0.717) is 36.4 Å². The molecular weight excluding hydrogens is 722 g/mol. The van der Waals surface area contributed by atoms with Gasteiger partial charge in [-0.15, -0.1) is 0 Å². The van der Waals surface area contributed by atoms with Crippen LogP contribution in [0.4, 0.5) is 24.1 Å². The summed E-state index contributed by atoms with van der Waals surface area (Å²) in [7, 11) is 0. The van der Waals surface area contributed by atoms with Gasteiger partial charge < -0.3 is 29.0 Å². The van der Waals surface area contributed by atoms with Crippen molar-refractivity contribution in [3.05, 3.63) is 167 Å². The fourth-order valence-corrected chi connectivity index (χ4v) is 7.00. The zero-order valence-electron chi connectivity index (χ0n) is 30.4. The van der Waals surface area contributed by atoms with Gasteiger partial charge in [0.1, 0.15) is 36.6 Å². The molecule has 1 N–H and O–H groups in total. The van der Waals surface area contributed by atoms with Crippen molar-refractivity contribution in [2.75, 3.05) is 25.1 Å². The van der Waals surface area contributed by atoms with E-state index in [1.165, 1.54) is 24.3 Å². The van der Waals surface area contributed by atoms with Gasteiger partial charge in [0, 0.05) is 17.7 Å². The monoisotopic (exact) mass is 762 g/mol. The molecule has 5 aromatic rings. The van der Waals surface area contributed by atoms with Gasteiger partial charge in [-0.25, -0.2) is 23.3 Å². The minimum Gasteiger partial charge on any atom is -0.446 e. The second-order valence-corrected chi connectivity index (χ2v) is 13.5. The minimum atomic E-state index is -1.31. The van der Waals surface area contributed by atoms with Crippen LogP contribution in [0.5, 0.6) is 5.75 Å². The highest BCUT2D eigenvalue weighted by Gasteiger charge is 2.46. The van der Waals surface area contributed by atoms with Crippen LogP contribution in [0.2, 0.25) is 0 Å². The van der Waals surface area contributed by atoms with Gasteiger partial charge in [-0.05, 0) is 78.1 Å². The molecule has 0 aromatic heterocycles.